The average Bonchev–Trinajstić information content (AvgIpc) is 2.32. The van der Waals surface area contributed by atoms with E-state index in [0.717, 1.165) is 0 Å². The molecular weight excluding hydrogens is 234 g/mol. The van der Waals surface area contributed by atoms with Gasteiger partial charge in [0.05, 0.1) is 6.54 Å². The van der Waals surface area contributed by atoms with Crippen LogP contribution >= 0.6 is 0 Å². The van der Waals surface area contributed by atoms with E-state index >= 15 is 0 Å². The Kier molecular flexibility index (Phi) is 7.40. The van der Waals surface area contributed by atoms with Crippen molar-refractivity contribution in [3.63, 3.8) is 0 Å². The molecule has 0 aliphatic heterocycles. The maximum Gasteiger partial charge on any atom is 0.250 e. The second-order valence-electron chi connectivity index (χ2n) is 3.81. The Labute approximate surface area is 107 Å². The lowest BCUT2D eigenvalue weighted by atomic mass is 10.2. The summed E-state index contributed by atoms with van der Waals surface area (Å²) < 4.78 is 0. The van der Waals surface area contributed by atoms with Crippen molar-refractivity contribution >= 4 is 17.6 Å². The molecule has 6 heteroatoms. The highest BCUT2D eigenvalue weighted by atomic mass is 16.2. The smallest absolute Gasteiger partial charge is 0.250 e. The average molecular weight is 253 g/mol. The van der Waals surface area contributed by atoms with Crippen molar-refractivity contribution in [1.29, 1.82) is 0 Å². The van der Waals surface area contributed by atoms with Gasteiger partial charge < -0.3 is 10.6 Å². The van der Waals surface area contributed by atoms with Gasteiger partial charge >= 0.3 is 0 Å². The summed E-state index contributed by atoms with van der Waals surface area (Å²) >= 11 is 0. The summed E-state index contributed by atoms with van der Waals surface area (Å²) in [5, 5.41) is 7.67. The van der Waals surface area contributed by atoms with Crippen molar-refractivity contribution in [1.82, 2.24) is 16.0 Å². The van der Waals surface area contributed by atoms with E-state index in [4.69, 9.17) is 6.42 Å². The molecule has 0 radical (unpaired) electrons. The Morgan fingerprint density at radius 3 is 2.33 bits per heavy atom. The number of carbonyl (C=O) groups is 3. The molecule has 0 unspecified atom stereocenters. The molecule has 2 amide bonds. The minimum absolute atomic E-state index is 0.0508. The van der Waals surface area contributed by atoms with Crippen LogP contribution in [-0.2, 0) is 14.4 Å². The number of terminal acetylenes is 1. The molecule has 18 heavy (non-hydrogen) atoms. The lowest BCUT2D eigenvalue weighted by molar-refractivity contribution is -0.129. The minimum Gasteiger partial charge on any atom is -0.347 e. The Hall–Kier alpha value is -1.87. The van der Waals surface area contributed by atoms with E-state index in [1.807, 2.05) is 6.92 Å². The number of nitrogens with one attached hydrogen (secondary N) is 3. The van der Waals surface area contributed by atoms with Crippen LogP contribution in [0.25, 0.3) is 0 Å². The van der Waals surface area contributed by atoms with E-state index < -0.39 is 23.9 Å². The molecule has 0 aromatic heterocycles. The first-order valence-electron chi connectivity index (χ1n) is 5.69. The van der Waals surface area contributed by atoms with Crippen LogP contribution in [0.15, 0.2) is 0 Å². The number of rotatable bonds is 7. The fraction of sp³-hybridized carbons (Fsp3) is 0.583. The van der Waals surface area contributed by atoms with E-state index in [9.17, 15) is 14.4 Å². The van der Waals surface area contributed by atoms with Gasteiger partial charge in [-0.2, -0.15) is 0 Å². The molecule has 0 saturated carbocycles. The van der Waals surface area contributed by atoms with Crippen LogP contribution in [0, 0.1) is 12.3 Å². The predicted octanol–water partition coefficient (Wildman–Crippen LogP) is -1.19. The summed E-state index contributed by atoms with van der Waals surface area (Å²) in [5.74, 6) is 1.27. The number of hydrogen-bond acceptors (Lipinski definition) is 4. The molecule has 6 nitrogen and oxygen atoms in total. The van der Waals surface area contributed by atoms with Crippen molar-refractivity contribution in [3.8, 4) is 12.3 Å². The van der Waals surface area contributed by atoms with E-state index in [1.54, 1.807) is 0 Å². The van der Waals surface area contributed by atoms with Crippen molar-refractivity contribution in [2.24, 2.45) is 0 Å². The molecule has 0 bridgehead atoms. The summed E-state index contributed by atoms with van der Waals surface area (Å²) in [6.07, 6.45) is 5.19. The van der Waals surface area contributed by atoms with Gasteiger partial charge in [0.1, 0.15) is 17.9 Å². The predicted molar refractivity (Wildman–Crippen MR) is 67.6 cm³/mol. The SMILES string of the molecule is C#C[C@H](NCC)C(=O)N[C@@H](C)C(=O)NCC(C)=O. The van der Waals surface area contributed by atoms with Crippen LogP contribution in [-0.4, -0.2) is 42.8 Å². The van der Waals surface area contributed by atoms with Crippen LogP contribution in [0.3, 0.4) is 0 Å². The molecule has 100 valence electrons. The van der Waals surface area contributed by atoms with Crippen LogP contribution in [0.5, 0.6) is 0 Å². The van der Waals surface area contributed by atoms with Gasteiger partial charge in [0, 0.05) is 0 Å². The summed E-state index contributed by atoms with van der Waals surface area (Å²) in [4.78, 5) is 33.8. The number of Topliss-reactive ketones (excluding diaryl/α,β-unsaturated/α-hetero) is 1. The molecule has 0 aromatic rings. The van der Waals surface area contributed by atoms with E-state index in [0.29, 0.717) is 6.54 Å². The van der Waals surface area contributed by atoms with Gasteiger partial charge in [-0.25, -0.2) is 0 Å². The molecule has 0 aliphatic carbocycles. The third-order valence-electron chi connectivity index (χ3n) is 2.10. The maximum atomic E-state index is 11.7. The molecule has 0 heterocycles. The molecule has 2 atom stereocenters. The minimum atomic E-state index is -0.766. The summed E-state index contributed by atoms with van der Waals surface area (Å²) in [5.41, 5.74) is 0. The number of amides is 2. The normalized spacial score (nSPS) is 13.0. The molecule has 0 saturated heterocycles. The van der Waals surface area contributed by atoms with Crippen LogP contribution in [0.2, 0.25) is 0 Å². The van der Waals surface area contributed by atoms with Crippen molar-refractivity contribution < 1.29 is 14.4 Å². The van der Waals surface area contributed by atoms with Crippen molar-refractivity contribution in [3.05, 3.63) is 0 Å². The number of hydrogen-bond donors (Lipinski definition) is 3. The lowest BCUT2D eigenvalue weighted by Crippen LogP contribution is -2.51. The van der Waals surface area contributed by atoms with Crippen LogP contribution < -0.4 is 16.0 Å². The third-order valence-corrected chi connectivity index (χ3v) is 2.10. The first-order valence-corrected chi connectivity index (χ1v) is 5.69. The molecule has 3 N–H and O–H groups in total. The Bertz CT molecular complexity index is 360. The quantitative estimate of drug-likeness (QED) is 0.498. The molecule has 0 aliphatic rings. The molecule has 0 fully saturated rings. The molecule has 0 spiro atoms. The van der Waals surface area contributed by atoms with Gasteiger partial charge in [-0.05, 0) is 20.4 Å². The zero-order chi connectivity index (χ0) is 14.1. The number of ketones is 1. The van der Waals surface area contributed by atoms with Gasteiger partial charge in [0.2, 0.25) is 11.8 Å². The van der Waals surface area contributed by atoms with Crippen molar-refractivity contribution in [2.45, 2.75) is 32.9 Å². The first kappa shape index (κ1) is 16.1. The highest BCUT2D eigenvalue weighted by molar-refractivity contribution is 5.92. The monoisotopic (exact) mass is 253 g/mol. The zero-order valence-corrected chi connectivity index (χ0v) is 10.9. The maximum absolute atomic E-state index is 11.7. The molecule has 0 rings (SSSR count). The lowest BCUT2D eigenvalue weighted by Gasteiger charge is -2.16. The van der Waals surface area contributed by atoms with Gasteiger partial charge in [-0.1, -0.05) is 12.8 Å². The Morgan fingerprint density at radius 2 is 1.89 bits per heavy atom. The topological polar surface area (TPSA) is 87.3 Å². The second-order valence-corrected chi connectivity index (χ2v) is 3.81. The number of carbonyl (C=O) groups excluding carboxylic acids is 3. The van der Waals surface area contributed by atoms with Gasteiger partial charge in [-0.15, -0.1) is 6.42 Å². The Morgan fingerprint density at radius 1 is 1.28 bits per heavy atom. The largest absolute Gasteiger partial charge is 0.347 e. The van der Waals surface area contributed by atoms with E-state index in [-0.39, 0.29) is 12.3 Å². The van der Waals surface area contributed by atoms with E-state index in [1.165, 1.54) is 13.8 Å². The van der Waals surface area contributed by atoms with E-state index in [2.05, 4.69) is 21.9 Å². The molecular formula is C12H19N3O3. The summed E-state index contributed by atoms with van der Waals surface area (Å²) in [6.45, 7) is 5.20. The van der Waals surface area contributed by atoms with Crippen LogP contribution in [0.1, 0.15) is 20.8 Å². The van der Waals surface area contributed by atoms with Gasteiger partial charge in [0.25, 0.3) is 0 Å². The third kappa shape index (κ3) is 6.01. The molecule has 0 aromatic carbocycles. The fourth-order valence-corrected chi connectivity index (χ4v) is 1.16. The zero-order valence-electron chi connectivity index (χ0n) is 10.9. The standard InChI is InChI=1S/C12H19N3O3/c1-5-10(13-6-2)12(18)15-9(4)11(17)14-7-8(3)16/h1,9-10,13H,6-7H2,2-4H3,(H,14,17)(H,15,18)/t9-,10-/m0/s1. The van der Waals surface area contributed by atoms with Gasteiger partial charge in [0.15, 0.2) is 0 Å². The van der Waals surface area contributed by atoms with Gasteiger partial charge in [-0.3, -0.25) is 19.7 Å². The van der Waals surface area contributed by atoms with Crippen LogP contribution in [0.4, 0.5) is 0 Å². The summed E-state index contributed by atoms with van der Waals surface area (Å²) in [7, 11) is 0. The van der Waals surface area contributed by atoms with Crippen molar-refractivity contribution in [2.75, 3.05) is 13.1 Å². The second kappa shape index (κ2) is 8.25. The highest BCUT2D eigenvalue weighted by Gasteiger charge is 2.20. The Balaban J connectivity index is 4.25. The highest BCUT2D eigenvalue weighted by Crippen LogP contribution is 1.87. The fourth-order valence-electron chi connectivity index (χ4n) is 1.16. The number of likely N-dealkylation sites (N-methyl/N-ethyl adjacent to an activating group) is 1. The summed E-state index contributed by atoms with van der Waals surface area (Å²) in [6, 6.07) is -1.51. The first-order chi connectivity index (χ1) is 8.42.